The van der Waals surface area contributed by atoms with Crippen LogP contribution in [-0.2, 0) is 20.7 Å². The molecule has 1 unspecified atom stereocenters. The van der Waals surface area contributed by atoms with Crippen LogP contribution in [0, 0.1) is 0 Å². The minimum Gasteiger partial charge on any atom is -0.480 e. The number of aliphatic carboxylic acids is 1. The number of carbonyl (C=O) groups excluding carboxylic acids is 2. The maximum absolute atomic E-state index is 13.3. The molecule has 0 aromatic heterocycles. The average Bonchev–Trinajstić information content (AvgIpc) is 2.95. The Balaban J connectivity index is 2.30. The number of ether oxygens (including phenoxy) is 1. The van der Waals surface area contributed by atoms with E-state index in [0.29, 0.717) is 28.4 Å². The van der Waals surface area contributed by atoms with Gasteiger partial charge in [-0.3, -0.25) is 9.69 Å². The molecule has 154 valence electrons. The van der Waals surface area contributed by atoms with Crippen molar-refractivity contribution in [2.45, 2.75) is 51.3 Å². The minimum atomic E-state index is -1.11. The molecular formula is C19H25ClN2O5S. The van der Waals surface area contributed by atoms with Crippen LogP contribution in [0.4, 0.5) is 10.5 Å². The maximum atomic E-state index is 13.3. The van der Waals surface area contributed by atoms with Crippen molar-refractivity contribution in [2.75, 3.05) is 16.9 Å². The predicted molar refractivity (Wildman–Crippen MR) is 110 cm³/mol. The fourth-order valence-electron chi connectivity index (χ4n) is 3.00. The van der Waals surface area contributed by atoms with Gasteiger partial charge < -0.3 is 15.2 Å². The highest BCUT2D eigenvalue weighted by Crippen LogP contribution is 2.35. The van der Waals surface area contributed by atoms with E-state index in [1.54, 1.807) is 39.0 Å². The van der Waals surface area contributed by atoms with E-state index in [1.165, 1.54) is 16.7 Å². The van der Waals surface area contributed by atoms with Crippen LogP contribution in [0.3, 0.4) is 0 Å². The van der Waals surface area contributed by atoms with Crippen LogP contribution in [-0.4, -0.2) is 52.8 Å². The molecular weight excluding hydrogens is 404 g/mol. The summed E-state index contributed by atoms with van der Waals surface area (Å²) in [4.78, 5) is 38.5. The number of halogens is 1. The summed E-state index contributed by atoms with van der Waals surface area (Å²) in [5.74, 6) is -0.972. The molecule has 2 atom stereocenters. The van der Waals surface area contributed by atoms with Gasteiger partial charge >= 0.3 is 12.1 Å². The van der Waals surface area contributed by atoms with Crippen LogP contribution in [0.2, 0.25) is 5.02 Å². The highest BCUT2D eigenvalue weighted by Gasteiger charge is 2.41. The van der Waals surface area contributed by atoms with Crippen molar-refractivity contribution in [3.05, 3.63) is 28.8 Å². The van der Waals surface area contributed by atoms with Crippen LogP contribution < -0.4 is 10.2 Å². The molecule has 9 heteroatoms. The number of amides is 2. The first-order valence-corrected chi connectivity index (χ1v) is 10.6. The molecule has 1 aromatic rings. The fourth-order valence-corrected chi connectivity index (χ4v) is 3.67. The topological polar surface area (TPSA) is 95.9 Å². The van der Waals surface area contributed by atoms with Crippen molar-refractivity contribution in [1.29, 1.82) is 0 Å². The van der Waals surface area contributed by atoms with Crippen molar-refractivity contribution in [3.8, 4) is 0 Å². The molecule has 1 aliphatic heterocycles. The highest BCUT2D eigenvalue weighted by molar-refractivity contribution is 7.98. The molecule has 2 N–H and O–H groups in total. The number of benzene rings is 1. The van der Waals surface area contributed by atoms with Crippen molar-refractivity contribution >= 4 is 47.0 Å². The van der Waals surface area contributed by atoms with E-state index in [4.69, 9.17) is 16.3 Å². The Morgan fingerprint density at radius 1 is 1.39 bits per heavy atom. The summed E-state index contributed by atoms with van der Waals surface area (Å²) < 4.78 is 5.26. The van der Waals surface area contributed by atoms with Gasteiger partial charge in [0.15, 0.2) is 0 Å². The van der Waals surface area contributed by atoms with Crippen LogP contribution in [0.15, 0.2) is 18.2 Å². The monoisotopic (exact) mass is 428 g/mol. The number of nitrogens with one attached hydrogen (secondary N) is 1. The lowest BCUT2D eigenvalue weighted by Crippen LogP contribution is -2.53. The second-order valence-corrected chi connectivity index (χ2v) is 8.94. The number of rotatable bonds is 6. The standard InChI is InChI=1S/C19H25ClN2O5S/c1-19(2,3)27-18(26)21-13(7-8-28-4)16(23)22-14-6-5-12(20)9-11(14)10-15(22)17(24)25/h5-6,9,13,15H,7-8,10H2,1-4H3,(H,21,26)(H,24,25)/t13-,15?/m0/s1. The molecule has 2 rings (SSSR count). The van der Waals surface area contributed by atoms with Gasteiger partial charge in [-0.15, -0.1) is 0 Å². The van der Waals surface area contributed by atoms with Gasteiger partial charge in [-0.2, -0.15) is 11.8 Å². The number of carboxylic acid groups (broad SMARTS) is 1. The number of fused-ring (bicyclic) bond motifs is 1. The lowest BCUT2D eigenvalue weighted by Gasteiger charge is -2.29. The van der Waals surface area contributed by atoms with Gasteiger partial charge in [0.25, 0.3) is 5.91 Å². The third-order valence-electron chi connectivity index (χ3n) is 4.15. The van der Waals surface area contributed by atoms with Gasteiger partial charge in [-0.05, 0) is 63.0 Å². The average molecular weight is 429 g/mol. The largest absolute Gasteiger partial charge is 0.480 e. The SMILES string of the molecule is CSCC[C@H](NC(=O)OC(C)(C)C)C(=O)N1c2ccc(Cl)cc2CC1C(=O)O. The summed E-state index contributed by atoms with van der Waals surface area (Å²) in [7, 11) is 0. The van der Waals surface area contributed by atoms with Gasteiger partial charge in [0, 0.05) is 17.1 Å². The lowest BCUT2D eigenvalue weighted by molar-refractivity contribution is -0.140. The zero-order chi connectivity index (χ0) is 21.1. The number of nitrogens with zero attached hydrogens (tertiary/aromatic N) is 1. The molecule has 1 aromatic carbocycles. The minimum absolute atomic E-state index is 0.165. The quantitative estimate of drug-likeness (QED) is 0.721. The number of anilines is 1. The number of carboxylic acids is 1. The van der Waals surface area contributed by atoms with Crippen LogP contribution in [0.5, 0.6) is 0 Å². The Morgan fingerprint density at radius 3 is 2.64 bits per heavy atom. The Morgan fingerprint density at radius 2 is 2.07 bits per heavy atom. The lowest BCUT2D eigenvalue weighted by atomic mass is 10.1. The van der Waals surface area contributed by atoms with Crippen LogP contribution >= 0.6 is 23.4 Å². The molecule has 7 nitrogen and oxygen atoms in total. The Kier molecular flexibility index (Phi) is 7.22. The first-order valence-electron chi connectivity index (χ1n) is 8.86. The zero-order valence-corrected chi connectivity index (χ0v) is 17.9. The first-order chi connectivity index (χ1) is 13.0. The van der Waals surface area contributed by atoms with Crippen molar-refractivity contribution in [2.24, 2.45) is 0 Å². The number of hydrogen-bond acceptors (Lipinski definition) is 5. The fraction of sp³-hybridized carbons (Fsp3) is 0.526. The molecule has 0 aliphatic carbocycles. The normalized spacial score (nSPS) is 17.0. The molecule has 0 radical (unpaired) electrons. The van der Waals surface area contributed by atoms with E-state index in [-0.39, 0.29) is 6.42 Å². The molecule has 1 heterocycles. The molecule has 0 bridgehead atoms. The summed E-state index contributed by atoms with van der Waals surface area (Å²) in [6.07, 6.45) is 1.70. The number of alkyl carbamates (subject to hydrolysis) is 1. The highest BCUT2D eigenvalue weighted by atomic mass is 35.5. The van der Waals surface area contributed by atoms with Gasteiger partial charge in [0.2, 0.25) is 0 Å². The number of thioether (sulfide) groups is 1. The Hall–Kier alpha value is -1.93. The number of carbonyl (C=O) groups is 3. The molecule has 0 spiro atoms. The molecule has 1 aliphatic rings. The van der Waals surface area contributed by atoms with Gasteiger partial charge in [-0.1, -0.05) is 11.6 Å². The summed E-state index contributed by atoms with van der Waals surface area (Å²) in [6.45, 7) is 5.19. The third kappa shape index (κ3) is 5.54. The van der Waals surface area contributed by atoms with E-state index in [9.17, 15) is 19.5 Å². The molecule has 2 amide bonds. The zero-order valence-electron chi connectivity index (χ0n) is 16.3. The first kappa shape index (κ1) is 22.4. The van der Waals surface area contributed by atoms with E-state index in [0.717, 1.165) is 0 Å². The van der Waals surface area contributed by atoms with Gasteiger partial charge in [0.1, 0.15) is 17.7 Å². The van der Waals surface area contributed by atoms with E-state index in [1.807, 2.05) is 6.26 Å². The van der Waals surface area contributed by atoms with E-state index < -0.39 is 35.7 Å². The van der Waals surface area contributed by atoms with Crippen LogP contribution in [0.25, 0.3) is 0 Å². The molecule has 0 saturated carbocycles. The number of hydrogen-bond donors (Lipinski definition) is 2. The Bertz CT molecular complexity index is 765. The van der Waals surface area contributed by atoms with Gasteiger partial charge in [0.05, 0.1) is 0 Å². The Labute approximate surface area is 173 Å². The summed E-state index contributed by atoms with van der Waals surface area (Å²) >= 11 is 7.54. The molecule has 28 heavy (non-hydrogen) atoms. The third-order valence-corrected chi connectivity index (χ3v) is 5.03. The summed E-state index contributed by atoms with van der Waals surface area (Å²) in [5.41, 5.74) is 0.480. The van der Waals surface area contributed by atoms with E-state index in [2.05, 4.69) is 5.32 Å². The van der Waals surface area contributed by atoms with Crippen molar-refractivity contribution in [3.63, 3.8) is 0 Å². The molecule has 0 saturated heterocycles. The van der Waals surface area contributed by atoms with Gasteiger partial charge in [-0.25, -0.2) is 9.59 Å². The van der Waals surface area contributed by atoms with Crippen LogP contribution in [0.1, 0.15) is 32.8 Å². The van der Waals surface area contributed by atoms with E-state index >= 15 is 0 Å². The summed E-state index contributed by atoms with van der Waals surface area (Å²) in [5, 5.41) is 12.7. The van der Waals surface area contributed by atoms with Crippen molar-refractivity contribution in [1.82, 2.24) is 5.32 Å². The predicted octanol–water partition coefficient (Wildman–Crippen LogP) is 3.33. The van der Waals surface area contributed by atoms with Crippen molar-refractivity contribution < 1.29 is 24.2 Å². The molecule has 0 fully saturated rings. The second-order valence-electron chi connectivity index (χ2n) is 7.52. The second kappa shape index (κ2) is 9.05. The smallest absolute Gasteiger partial charge is 0.408 e. The maximum Gasteiger partial charge on any atom is 0.408 e. The summed E-state index contributed by atoms with van der Waals surface area (Å²) in [6, 6.07) is 2.97.